The topological polar surface area (TPSA) is 121 Å². The van der Waals surface area contributed by atoms with E-state index in [1.54, 1.807) is 36.5 Å². The lowest BCUT2D eigenvalue weighted by molar-refractivity contribution is -0.126. The van der Waals surface area contributed by atoms with E-state index < -0.39 is 10.0 Å². The number of carbonyl (C=O) groups excluding carboxylic acids is 1. The number of fused-ring (bicyclic) bond motifs is 1. The molecular formula is C23H24N6O4S. The van der Waals surface area contributed by atoms with Crippen molar-refractivity contribution >= 4 is 38.5 Å². The van der Waals surface area contributed by atoms with Crippen LogP contribution in [0.2, 0.25) is 0 Å². The fraction of sp³-hybridized carbons (Fsp3) is 0.304. The van der Waals surface area contributed by atoms with Gasteiger partial charge in [0.2, 0.25) is 11.8 Å². The molecule has 1 aromatic carbocycles. The summed E-state index contributed by atoms with van der Waals surface area (Å²) in [5, 5.41) is 8.02. The molecule has 0 aliphatic heterocycles. The highest BCUT2D eigenvalue weighted by Crippen LogP contribution is 2.33. The van der Waals surface area contributed by atoms with Gasteiger partial charge < -0.3 is 10.1 Å². The van der Waals surface area contributed by atoms with Crippen molar-refractivity contribution in [3.05, 3.63) is 54.0 Å². The van der Waals surface area contributed by atoms with Gasteiger partial charge >= 0.3 is 0 Å². The van der Waals surface area contributed by atoms with E-state index in [2.05, 4.69) is 20.4 Å². The van der Waals surface area contributed by atoms with E-state index in [1.165, 1.54) is 6.20 Å². The molecule has 4 aromatic rings. The molecule has 10 nitrogen and oxygen atoms in total. The van der Waals surface area contributed by atoms with E-state index in [4.69, 9.17) is 4.74 Å². The first-order chi connectivity index (χ1) is 16.3. The molecule has 0 atom stereocenters. The average Bonchev–Trinajstić information content (AvgIpc) is 3.37. The van der Waals surface area contributed by atoms with Crippen molar-refractivity contribution in [3.8, 4) is 5.88 Å². The molecule has 0 amide bonds. The van der Waals surface area contributed by atoms with Crippen LogP contribution in [0.4, 0.5) is 11.6 Å². The Hall–Kier alpha value is -3.73. The molecule has 5 rings (SSSR count). The van der Waals surface area contributed by atoms with Crippen LogP contribution in [0.15, 0.2) is 47.6 Å². The lowest BCUT2D eigenvalue weighted by atomic mass is 9.91. The number of benzene rings is 1. The first-order valence-electron chi connectivity index (χ1n) is 10.9. The molecule has 3 aromatic heterocycles. The van der Waals surface area contributed by atoms with Crippen LogP contribution in [0, 0.1) is 13.8 Å². The smallest absolute Gasteiger partial charge is 0.269 e. The fourth-order valence-corrected chi connectivity index (χ4v) is 5.25. The van der Waals surface area contributed by atoms with Crippen molar-refractivity contribution in [3.63, 3.8) is 0 Å². The number of ether oxygens (including phenoxy) is 1. The summed E-state index contributed by atoms with van der Waals surface area (Å²) in [4.78, 5) is 20.5. The molecule has 3 heterocycles. The molecule has 0 radical (unpaired) electrons. The monoisotopic (exact) mass is 480 g/mol. The third kappa shape index (κ3) is 3.71. The summed E-state index contributed by atoms with van der Waals surface area (Å²) in [7, 11) is -3.88. The number of rotatable bonds is 7. The molecule has 0 saturated heterocycles. The number of hydrogen-bond acceptors (Lipinski definition) is 8. The van der Waals surface area contributed by atoms with Gasteiger partial charge in [-0.1, -0.05) is 17.7 Å². The van der Waals surface area contributed by atoms with Gasteiger partial charge in [0, 0.05) is 19.0 Å². The third-order valence-corrected chi connectivity index (χ3v) is 7.58. The Morgan fingerprint density at radius 3 is 2.53 bits per heavy atom. The molecule has 0 spiro atoms. The minimum Gasteiger partial charge on any atom is -0.477 e. The maximum atomic E-state index is 13.4. The molecule has 0 unspecified atom stereocenters. The van der Waals surface area contributed by atoms with Crippen LogP contribution in [-0.4, -0.2) is 44.5 Å². The van der Waals surface area contributed by atoms with Crippen LogP contribution in [0.25, 0.3) is 11.0 Å². The molecular weight excluding hydrogens is 456 g/mol. The summed E-state index contributed by atoms with van der Waals surface area (Å²) in [6.07, 6.45) is 4.05. The number of ketones is 1. The van der Waals surface area contributed by atoms with Gasteiger partial charge in [-0.25, -0.2) is 12.4 Å². The minimum absolute atomic E-state index is 0.0577. The maximum absolute atomic E-state index is 13.4. The summed E-state index contributed by atoms with van der Waals surface area (Å²) >= 11 is 0. The highest BCUT2D eigenvalue weighted by Gasteiger charge is 2.30. The third-order valence-electron chi connectivity index (χ3n) is 5.90. The van der Waals surface area contributed by atoms with Crippen LogP contribution < -0.4 is 10.1 Å². The van der Waals surface area contributed by atoms with Gasteiger partial charge in [0.15, 0.2) is 5.65 Å². The number of aryl methyl sites for hydroxylation is 1. The zero-order chi connectivity index (χ0) is 24.0. The van der Waals surface area contributed by atoms with Gasteiger partial charge in [-0.15, -0.1) is 0 Å². The number of Topliss-reactive ketones (excluding diaryl/α,β-unsaturated/α-hetero) is 1. The Bertz CT molecular complexity index is 1500. The Morgan fingerprint density at radius 2 is 1.85 bits per heavy atom. The second-order valence-electron chi connectivity index (χ2n) is 8.27. The first-order valence-corrected chi connectivity index (χ1v) is 12.4. The van der Waals surface area contributed by atoms with Crippen LogP contribution in [0.5, 0.6) is 5.88 Å². The molecule has 0 bridgehead atoms. The molecule has 1 saturated carbocycles. The molecule has 1 fully saturated rings. The van der Waals surface area contributed by atoms with E-state index in [1.807, 2.05) is 25.5 Å². The zero-order valence-corrected chi connectivity index (χ0v) is 19.8. The predicted molar refractivity (Wildman–Crippen MR) is 126 cm³/mol. The largest absolute Gasteiger partial charge is 0.477 e. The Kier molecular flexibility index (Phi) is 5.35. The van der Waals surface area contributed by atoms with E-state index in [-0.39, 0.29) is 34.2 Å². The second kappa shape index (κ2) is 8.24. The highest BCUT2D eigenvalue weighted by molar-refractivity contribution is 7.90. The summed E-state index contributed by atoms with van der Waals surface area (Å²) in [5.41, 5.74) is 2.67. The van der Waals surface area contributed by atoms with Crippen molar-refractivity contribution in [2.45, 2.75) is 44.6 Å². The molecule has 1 aliphatic carbocycles. The van der Waals surface area contributed by atoms with Gasteiger partial charge in [0.25, 0.3) is 10.0 Å². The Morgan fingerprint density at radius 1 is 1.12 bits per heavy atom. The van der Waals surface area contributed by atoms with Crippen molar-refractivity contribution in [1.82, 2.24) is 23.7 Å². The van der Waals surface area contributed by atoms with Gasteiger partial charge in [0.1, 0.15) is 5.78 Å². The number of aromatic nitrogens is 5. The second-order valence-corrected chi connectivity index (χ2v) is 10.1. The quantitative estimate of drug-likeness (QED) is 0.426. The van der Waals surface area contributed by atoms with E-state index >= 15 is 0 Å². The van der Waals surface area contributed by atoms with Crippen LogP contribution in [0.3, 0.4) is 0 Å². The van der Waals surface area contributed by atoms with Gasteiger partial charge in [0.05, 0.1) is 40.5 Å². The van der Waals surface area contributed by atoms with Crippen molar-refractivity contribution in [1.29, 1.82) is 0 Å². The minimum atomic E-state index is -3.88. The SMILES string of the molecule is CCOc1nc(Nc2cnn(C3CC(=O)C3)c2C)nc2c1ccn2S(=O)(=O)c1ccc(C)cc1. The number of anilines is 2. The van der Waals surface area contributed by atoms with Crippen LogP contribution >= 0.6 is 0 Å². The number of nitrogens with zero attached hydrogens (tertiary/aromatic N) is 5. The van der Waals surface area contributed by atoms with Crippen molar-refractivity contribution < 1.29 is 17.9 Å². The van der Waals surface area contributed by atoms with Gasteiger partial charge in [-0.05, 0) is 39.0 Å². The van der Waals surface area contributed by atoms with E-state index in [0.717, 1.165) is 15.2 Å². The summed E-state index contributed by atoms with van der Waals surface area (Å²) in [6, 6.07) is 8.34. The Balaban J connectivity index is 1.56. The molecule has 1 aliphatic rings. The highest BCUT2D eigenvalue weighted by atomic mass is 32.2. The summed E-state index contributed by atoms with van der Waals surface area (Å²) < 4.78 is 35.4. The first kappa shape index (κ1) is 22.1. The Labute approximate surface area is 196 Å². The maximum Gasteiger partial charge on any atom is 0.269 e. The van der Waals surface area contributed by atoms with Crippen LogP contribution in [-0.2, 0) is 14.8 Å². The number of hydrogen-bond donors (Lipinski definition) is 1. The number of nitrogens with one attached hydrogen (secondary N) is 1. The van der Waals surface area contributed by atoms with Crippen molar-refractivity contribution in [2.24, 2.45) is 0 Å². The molecule has 11 heteroatoms. The lowest BCUT2D eigenvalue weighted by Gasteiger charge is -2.25. The average molecular weight is 481 g/mol. The zero-order valence-electron chi connectivity index (χ0n) is 19.0. The normalized spacial score (nSPS) is 14.4. The molecule has 176 valence electrons. The number of carbonyl (C=O) groups is 1. The molecule has 34 heavy (non-hydrogen) atoms. The summed E-state index contributed by atoms with van der Waals surface area (Å²) in [6.45, 7) is 5.97. The summed E-state index contributed by atoms with van der Waals surface area (Å²) in [5.74, 6) is 0.685. The predicted octanol–water partition coefficient (Wildman–Crippen LogP) is 3.53. The van der Waals surface area contributed by atoms with Crippen LogP contribution in [0.1, 0.15) is 37.1 Å². The van der Waals surface area contributed by atoms with Gasteiger partial charge in [-0.2, -0.15) is 15.1 Å². The van der Waals surface area contributed by atoms with Crippen molar-refractivity contribution in [2.75, 3.05) is 11.9 Å². The lowest BCUT2D eigenvalue weighted by Crippen LogP contribution is -2.28. The fourth-order valence-electron chi connectivity index (χ4n) is 3.96. The molecule has 1 N–H and O–H groups in total. The van der Waals surface area contributed by atoms with E-state index in [0.29, 0.717) is 30.5 Å². The standard InChI is InChI=1S/C23H24N6O4S/c1-4-33-22-19-9-10-28(34(31,32)18-7-5-14(2)6-8-18)21(19)26-23(27-22)25-20-13-24-29(15(20)3)16-11-17(30)12-16/h5-10,13,16H,4,11-12H2,1-3H3,(H,25,26,27). The van der Waals surface area contributed by atoms with Gasteiger partial charge in [-0.3, -0.25) is 9.48 Å². The van der Waals surface area contributed by atoms with E-state index in [9.17, 15) is 13.2 Å².